The molecule has 10 heteroatoms. The highest BCUT2D eigenvalue weighted by Crippen LogP contribution is 2.34. The monoisotopic (exact) mass is 506 g/mol. The van der Waals surface area contributed by atoms with E-state index in [1.165, 1.54) is 0 Å². The smallest absolute Gasteiger partial charge is 0.373 e. The zero-order chi connectivity index (χ0) is 26.3. The summed E-state index contributed by atoms with van der Waals surface area (Å²) in [4.78, 5) is 28.9. The minimum absolute atomic E-state index is 0.0612. The zero-order valence-corrected chi connectivity index (χ0v) is 21.3. The van der Waals surface area contributed by atoms with Gasteiger partial charge in [0.05, 0.1) is 6.61 Å². The molecule has 2 aromatic rings. The van der Waals surface area contributed by atoms with Gasteiger partial charge in [-0.15, -0.1) is 0 Å². The molecule has 0 spiro atoms. The van der Waals surface area contributed by atoms with Gasteiger partial charge in [0.15, 0.2) is 0 Å². The first-order chi connectivity index (χ1) is 16.6. The van der Waals surface area contributed by atoms with Crippen LogP contribution in [-0.4, -0.2) is 47.7 Å². The quantitative estimate of drug-likeness (QED) is 0.236. The maximum Gasteiger partial charge on any atom is 0.373 e. The van der Waals surface area contributed by atoms with Crippen molar-refractivity contribution in [2.45, 2.75) is 58.0 Å². The zero-order valence-electron chi connectivity index (χ0n) is 20.4. The van der Waals surface area contributed by atoms with E-state index in [9.17, 15) is 19.6 Å². The van der Waals surface area contributed by atoms with Crippen LogP contribution >= 0.6 is 7.44 Å². The lowest BCUT2D eigenvalue weighted by Crippen LogP contribution is -2.42. The normalized spacial score (nSPS) is 13.9. The predicted molar refractivity (Wildman–Crippen MR) is 132 cm³/mol. The minimum atomic E-state index is -3.11. The molecule has 0 aliphatic heterocycles. The topological polar surface area (TPSA) is 142 Å². The van der Waals surface area contributed by atoms with Gasteiger partial charge in [-0.1, -0.05) is 44.5 Å². The molecule has 3 atom stereocenters. The third-order valence-electron chi connectivity index (χ3n) is 5.00. The van der Waals surface area contributed by atoms with Crippen LogP contribution in [-0.2, 0) is 36.5 Å². The Morgan fingerprint density at radius 1 is 0.914 bits per heavy atom. The summed E-state index contributed by atoms with van der Waals surface area (Å²) in [6, 6.07) is 12.7. The minimum Gasteiger partial charge on any atom is -0.508 e. The first-order valence-electron chi connectivity index (χ1n) is 11.5. The molecule has 0 radical (unpaired) electrons. The Kier molecular flexibility index (Phi) is 13.6. The number of benzene rings is 2. The fourth-order valence-electron chi connectivity index (χ4n) is 3.51. The molecule has 0 aliphatic rings. The molecule has 0 fully saturated rings. The number of phenols is 2. The molecule has 2 aromatic carbocycles. The second-order valence-electron chi connectivity index (χ2n) is 8.21. The van der Waals surface area contributed by atoms with E-state index in [2.05, 4.69) is 17.1 Å². The summed E-state index contributed by atoms with van der Waals surface area (Å²) in [6.07, 6.45) is 3.61. The summed E-state index contributed by atoms with van der Waals surface area (Å²) in [5.74, 6) is -0.0973. The molecule has 2 rings (SSSR count). The lowest BCUT2D eigenvalue weighted by molar-refractivity contribution is -0.191. The molecule has 3 unspecified atom stereocenters. The standard InChI is InChI=1S/C24H35N2O5P.CO2/c1-4-6-20(16-18-7-11-21(27)12-8-18)25-32(3,30)26-23(24(29)31-15-5-2)17-19-9-13-22(28)14-10-19;2-1-3/h7-14,20,23,27-28H,4-6,15-17H2,1-3H3,(H2,25,26,30);. The predicted octanol–water partition coefficient (Wildman–Crippen LogP) is 3.79. The van der Waals surface area contributed by atoms with E-state index in [-0.39, 0.29) is 23.7 Å². The number of hydrogen-bond acceptors (Lipinski definition) is 7. The summed E-state index contributed by atoms with van der Waals surface area (Å²) in [7, 11) is -3.11. The van der Waals surface area contributed by atoms with Crippen molar-refractivity contribution in [2.75, 3.05) is 13.3 Å². The van der Waals surface area contributed by atoms with Crippen LogP contribution in [0.2, 0.25) is 0 Å². The van der Waals surface area contributed by atoms with E-state index in [1.54, 1.807) is 43.1 Å². The number of ether oxygens (including phenoxy) is 1. The molecule has 0 amide bonds. The number of phenolic OH excluding ortho intramolecular Hbond substituents is 2. The fourth-order valence-corrected chi connectivity index (χ4v) is 5.30. The van der Waals surface area contributed by atoms with E-state index in [1.807, 2.05) is 19.1 Å². The summed E-state index contributed by atoms with van der Waals surface area (Å²) in [6.45, 7) is 5.87. The number of rotatable bonds is 13. The van der Waals surface area contributed by atoms with Crippen molar-refractivity contribution in [3.8, 4) is 11.5 Å². The molecule has 0 saturated heterocycles. The van der Waals surface area contributed by atoms with Crippen molar-refractivity contribution >= 4 is 19.6 Å². The fraction of sp³-hybridized carbons (Fsp3) is 0.440. The largest absolute Gasteiger partial charge is 0.508 e. The Bertz CT molecular complexity index is 974. The van der Waals surface area contributed by atoms with Crippen LogP contribution in [0.15, 0.2) is 48.5 Å². The molecule has 0 heterocycles. The number of nitrogens with one attached hydrogen (secondary N) is 2. The van der Waals surface area contributed by atoms with Crippen molar-refractivity contribution in [3.63, 3.8) is 0 Å². The maximum absolute atomic E-state index is 13.5. The van der Waals surface area contributed by atoms with E-state index in [4.69, 9.17) is 14.3 Å². The summed E-state index contributed by atoms with van der Waals surface area (Å²) in [5, 5.41) is 25.3. The Labute approximate surface area is 206 Å². The Morgan fingerprint density at radius 2 is 1.40 bits per heavy atom. The van der Waals surface area contributed by atoms with Crippen LogP contribution in [0.25, 0.3) is 0 Å². The highest BCUT2D eigenvalue weighted by atomic mass is 31.2. The average molecular weight is 507 g/mol. The van der Waals surface area contributed by atoms with Crippen molar-refractivity contribution in [3.05, 3.63) is 59.7 Å². The van der Waals surface area contributed by atoms with Crippen molar-refractivity contribution in [1.29, 1.82) is 0 Å². The van der Waals surface area contributed by atoms with Gasteiger partial charge in [-0.25, -0.2) is 5.09 Å². The molecule has 192 valence electrons. The summed E-state index contributed by atoms with van der Waals surface area (Å²) in [5.41, 5.74) is 1.85. The van der Waals surface area contributed by atoms with Gasteiger partial charge < -0.3 is 14.9 Å². The van der Waals surface area contributed by atoms with Gasteiger partial charge in [0.2, 0.25) is 7.44 Å². The van der Waals surface area contributed by atoms with Crippen LogP contribution in [0.3, 0.4) is 0 Å². The number of aromatic hydroxyl groups is 2. The summed E-state index contributed by atoms with van der Waals surface area (Å²) < 4.78 is 18.8. The molecular weight excluding hydrogens is 471 g/mol. The number of carbonyl (C=O) groups is 1. The Morgan fingerprint density at radius 3 is 1.86 bits per heavy atom. The van der Waals surface area contributed by atoms with Gasteiger partial charge >= 0.3 is 12.1 Å². The third kappa shape index (κ3) is 12.3. The lowest BCUT2D eigenvalue weighted by atomic mass is 10.0. The van der Waals surface area contributed by atoms with E-state index in [0.29, 0.717) is 25.9 Å². The van der Waals surface area contributed by atoms with Gasteiger partial charge in [0, 0.05) is 12.7 Å². The average Bonchev–Trinajstić information content (AvgIpc) is 2.80. The third-order valence-corrected chi connectivity index (χ3v) is 6.66. The van der Waals surface area contributed by atoms with Crippen molar-refractivity contribution in [2.24, 2.45) is 0 Å². The second kappa shape index (κ2) is 15.8. The molecule has 0 bridgehead atoms. The molecular formula is C25H35N2O7P. The molecule has 9 nitrogen and oxygen atoms in total. The van der Waals surface area contributed by atoms with E-state index < -0.39 is 19.5 Å². The van der Waals surface area contributed by atoms with Crippen LogP contribution < -0.4 is 10.2 Å². The van der Waals surface area contributed by atoms with Crippen LogP contribution in [0, 0.1) is 0 Å². The van der Waals surface area contributed by atoms with Crippen LogP contribution in [0.1, 0.15) is 44.2 Å². The van der Waals surface area contributed by atoms with Crippen molar-refractivity contribution < 1.29 is 33.9 Å². The molecule has 0 aromatic heterocycles. The first kappa shape index (κ1) is 30.1. The lowest BCUT2D eigenvalue weighted by Gasteiger charge is -2.27. The number of esters is 1. The van der Waals surface area contributed by atoms with Gasteiger partial charge in [-0.3, -0.25) is 14.4 Å². The van der Waals surface area contributed by atoms with Gasteiger partial charge in [0.1, 0.15) is 17.5 Å². The van der Waals surface area contributed by atoms with E-state index >= 15 is 0 Å². The molecule has 0 aliphatic carbocycles. The van der Waals surface area contributed by atoms with Crippen LogP contribution in [0.4, 0.5) is 0 Å². The maximum atomic E-state index is 13.5. The van der Waals surface area contributed by atoms with Gasteiger partial charge in [-0.05, 0) is 61.1 Å². The molecule has 4 N–H and O–H groups in total. The molecule has 0 saturated carbocycles. The Balaban J connectivity index is 0.00000194. The van der Waals surface area contributed by atoms with Crippen LogP contribution in [0.5, 0.6) is 11.5 Å². The van der Waals surface area contributed by atoms with Gasteiger partial charge in [-0.2, -0.15) is 9.59 Å². The Hall–Kier alpha value is -2.96. The van der Waals surface area contributed by atoms with Gasteiger partial charge in [0.25, 0.3) is 0 Å². The SMILES string of the molecule is CCCOC(=O)C(Cc1ccc(O)cc1)NP(C)(=O)NC(CCC)Cc1ccc(O)cc1.O=C=O. The highest BCUT2D eigenvalue weighted by molar-refractivity contribution is 7.59. The summed E-state index contributed by atoms with van der Waals surface area (Å²) >= 11 is 0. The number of hydrogen-bond donors (Lipinski definition) is 4. The second-order valence-corrected chi connectivity index (χ2v) is 10.6. The first-order valence-corrected chi connectivity index (χ1v) is 13.6. The van der Waals surface area contributed by atoms with Crippen molar-refractivity contribution in [1.82, 2.24) is 10.2 Å². The molecule has 35 heavy (non-hydrogen) atoms. The number of carbonyl (C=O) groups excluding carboxylic acids is 3. The van der Waals surface area contributed by atoms with E-state index in [0.717, 1.165) is 24.0 Å². The highest BCUT2D eigenvalue weighted by Gasteiger charge is 2.29.